The standard InChI is InChI=1S/C28H34N6O4/c1-18-15-20(25-21-9-13-34(17-23(30)35)26(21)32-24(16-29)31-25)5-6-22(18)37-14-10-19-7-11-33(12-8-19)27(36)38-28(2,3)4/h5-6,9,13,15,19H,7-8,10-12,14,17H2,1-4H3,(H2,30,35). The van der Waals surface area contributed by atoms with Crippen LogP contribution in [-0.4, -0.2) is 56.7 Å². The maximum atomic E-state index is 12.3. The van der Waals surface area contributed by atoms with Crippen molar-refractivity contribution in [3.05, 3.63) is 41.9 Å². The highest BCUT2D eigenvalue weighted by molar-refractivity contribution is 5.92. The number of nitrogens with zero attached hydrogens (tertiary/aromatic N) is 5. The molecule has 0 unspecified atom stereocenters. The summed E-state index contributed by atoms with van der Waals surface area (Å²) >= 11 is 0. The number of amides is 2. The average molecular weight is 519 g/mol. The van der Waals surface area contributed by atoms with E-state index in [0.29, 0.717) is 37.0 Å². The molecule has 1 aliphatic rings. The zero-order valence-electron chi connectivity index (χ0n) is 22.4. The number of nitrogens with two attached hydrogens (primary N) is 1. The zero-order valence-corrected chi connectivity index (χ0v) is 22.4. The largest absolute Gasteiger partial charge is 0.493 e. The van der Waals surface area contributed by atoms with Crippen LogP contribution in [-0.2, 0) is 16.1 Å². The molecule has 2 amide bonds. The summed E-state index contributed by atoms with van der Waals surface area (Å²) in [4.78, 5) is 34.2. The molecule has 0 atom stereocenters. The molecule has 1 aliphatic heterocycles. The average Bonchev–Trinajstić information content (AvgIpc) is 3.25. The van der Waals surface area contributed by atoms with Gasteiger partial charge in [-0.2, -0.15) is 5.26 Å². The second-order valence-corrected chi connectivity index (χ2v) is 10.7. The molecular weight excluding hydrogens is 484 g/mol. The van der Waals surface area contributed by atoms with Gasteiger partial charge in [0.25, 0.3) is 0 Å². The van der Waals surface area contributed by atoms with Crippen molar-refractivity contribution in [2.75, 3.05) is 19.7 Å². The second kappa shape index (κ2) is 11.1. The second-order valence-electron chi connectivity index (χ2n) is 10.7. The van der Waals surface area contributed by atoms with Crippen LogP contribution in [0.3, 0.4) is 0 Å². The van der Waals surface area contributed by atoms with Crippen molar-refractivity contribution in [1.29, 1.82) is 5.26 Å². The summed E-state index contributed by atoms with van der Waals surface area (Å²) in [6.45, 7) is 9.57. The van der Waals surface area contributed by atoms with Gasteiger partial charge in [0.05, 0.1) is 12.3 Å². The Hall–Kier alpha value is -4.13. The summed E-state index contributed by atoms with van der Waals surface area (Å²) in [5.74, 6) is 0.813. The van der Waals surface area contributed by atoms with Crippen LogP contribution in [0.4, 0.5) is 4.79 Å². The number of piperidine rings is 1. The van der Waals surface area contributed by atoms with E-state index in [2.05, 4.69) is 9.97 Å². The third-order valence-corrected chi connectivity index (χ3v) is 6.54. The molecule has 1 aromatic carbocycles. The van der Waals surface area contributed by atoms with Crippen LogP contribution < -0.4 is 10.5 Å². The monoisotopic (exact) mass is 518 g/mol. The zero-order chi connectivity index (χ0) is 27.4. The van der Waals surface area contributed by atoms with Gasteiger partial charge in [-0.25, -0.2) is 14.8 Å². The Balaban J connectivity index is 1.38. The number of rotatable bonds is 7. The molecule has 0 saturated carbocycles. The topological polar surface area (TPSA) is 136 Å². The van der Waals surface area contributed by atoms with Gasteiger partial charge in [0, 0.05) is 30.2 Å². The van der Waals surface area contributed by atoms with Gasteiger partial charge in [-0.1, -0.05) is 0 Å². The number of fused-ring (bicyclic) bond motifs is 1. The van der Waals surface area contributed by atoms with E-state index in [1.807, 2.05) is 58.0 Å². The fourth-order valence-corrected chi connectivity index (χ4v) is 4.66. The molecule has 0 bridgehead atoms. The molecule has 1 fully saturated rings. The van der Waals surface area contributed by atoms with Crippen LogP contribution in [0.25, 0.3) is 22.3 Å². The van der Waals surface area contributed by atoms with E-state index >= 15 is 0 Å². The van der Waals surface area contributed by atoms with E-state index in [-0.39, 0.29) is 18.5 Å². The van der Waals surface area contributed by atoms with Crippen LogP contribution in [0.2, 0.25) is 0 Å². The van der Waals surface area contributed by atoms with Gasteiger partial charge in [0.1, 0.15) is 29.6 Å². The highest BCUT2D eigenvalue weighted by Crippen LogP contribution is 2.31. The van der Waals surface area contributed by atoms with Gasteiger partial charge in [-0.15, -0.1) is 0 Å². The van der Waals surface area contributed by atoms with E-state index in [9.17, 15) is 14.9 Å². The number of primary amides is 1. The minimum absolute atomic E-state index is 0.0209. The smallest absolute Gasteiger partial charge is 0.410 e. The van der Waals surface area contributed by atoms with Gasteiger partial charge in [0.15, 0.2) is 0 Å². The van der Waals surface area contributed by atoms with Crippen LogP contribution in [0.15, 0.2) is 30.5 Å². The van der Waals surface area contributed by atoms with Gasteiger partial charge >= 0.3 is 6.09 Å². The van der Waals surface area contributed by atoms with Crippen molar-refractivity contribution in [2.24, 2.45) is 11.7 Å². The van der Waals surface area contributed by atoms with E-state index in [4.69, 9.17) is 15.2 Å². The molecule has 3 heterocycles. The maximum absolute atomic E-state index is 12.3. The molecule has 0 radical (unpaired) electrons. The number of hydrogen-bond donors (Lipinski definition) is 1. The van der Waals surface area contributed by atoms with Crippen LogP contribution >= 0.6 is 0 Å². The molecule has 10 nitrogen and oxygen atoms in total. The molecule has 0 aliphatic carbocycles. The van der Waals surface area contributed by atoms with Crippen molar-refractivity contribution >= 4 is 23.0 Å². The predicted octanol–water partition coefficient (Wildman–Crippen LogP) is 4.18. The summed E-state index contributed by atoms with van der Waals surface area (Å²) in [5, 5.41) is 10.2. The third kappa shape index (κ3) is 6.40. The number of aryl methyl sites for hydroxylation is 1. The van der Waals surface area contributed by atoms with E-state index in [0.717, 1.165) is 41.5 Å². The first-order valence-electron chi connectivity index (χ1n) is 12.8. The third-order valence-electron chi connectivity index (χ3n) is 6.54. The number of benzene rings is 1. The highest BCUT2D eigenvalue weighted by atomic mass is 16.6. The Kier molecular flexibility index (Phi) is 7.86. The van der Waals surface area contributed by atoms with E-state index in [1.165, 1.54) is 0 Å². The lowest BCUT2D eigenvalue weighted by Gasteiger charge is -2.33. The van der Waals surface area contributed by atoms with Crippen LogP contribution in [0.5, 0.6) is 5.75 Å². The maximum Gasteiger partial charge on any atom is 0.410 e. The fraction of sp³-hybridized carbons (Fsp3) is 0.464. The predicted molar refractivity (Wildman–Crippen MR) is 142 cm³/mol. The van der Waals surface area contributed by atoms with Crippen molar-refractivity contribution in [3.63, 3.8) is 0 Å². The number of likely N-dealkylation sites (tertiary alicyclic amines) is 1. The SMILES string of the molecule is Cc1cc(-c2nc(C#N)nc3c2ccn3CC(N)=O)ccc1OCCC1CCN(C(=O)OC(C)(C)C)CC1. The Morgan fingerprint density at radius 1 is 1.18 bits per heavy atom. The Bertz CT molecular complexity index is 1380. The minimum Gasteiger partial charge on any atom is -0.493 e. The lowest BCUT2D eigenvalue weighted by molar-refractivity contribution is -0.118. The van der Waals surface area contributed by atoms with E-state index < -0.39 is 11.5 Å². The van der Waals surface area contributed by atoms with Crippen LogP contribution in [0.1, 0.15) is 51.4 Å². The first kappa shape index (κ1) is 26.9. The van der Waals surface area contributed by atoms with Gasteiger partial charge in [-0.05, 0) is 82.7 Å². The quantitative estimate of drug-likeness (QED) is 0.495. The van der Waals surface area contributed by atoms with Crippen molar-refractivity contribution in [1.82, 2.24) is 19.4 Å². The summed E-state index contributed by atoms with van der Waals surface area (Å²) in [6, 6.07) is 9.62. The van der Waals surface area contributed by atoms with Crippen molar-refractivity contribution in [3.8, 4) is 23.1 Å². The molecule has 2 N–H and O–H groups in total. The minimum atomic E-state index is -0.493. The molecule has 200 valence electrons. The molecule has 2 aromatic heterocycles. The lowest BCUT2D eigenvalue weighted by Crippen LogP contribution is -2.41. The summed E-state index contributed by atoms with van der Waals surface area (Å²) in [6.07, 6.45) is 4.25. The van der Waals surface area contributed by atoms with Gasteiger partial charge < -0.3 is 24.7 Å². The number of hydrogen-bond acceptors (Lipinski definition) is 7. The van der Waals surface area contributed by atoms with Gasteiger partial charge in [0.2, 0.25) is 11.7 Å². The molecule has 38 heavy (non-hydrogen) atoms. The van der Waals surface area contributed by atoms with Crippen molar-refractivity contribution < 1.29 is 19.1 Å². The summed E-state index contributed by atoms with van der Waals surface area (Å²) in [7, 11) is 0. The molecule has 3 aromatic rings. The Morgan fingerprint density at radius 2 is 1.92 bits per heavy atom. The Morgan fingerprint density at radius 3 is 2.55 bits per heavy atom. The normalized spacial score (nSPS) is 14.3. The molecule has 10 heteroatoms. The first-order chi connectivity index (χ1) is 18.0. The highest BCUT2D eigenvalue weighted by Gasteiger charge is 2.26. The molecule has 0 spiro atoms. The number of ether oxygens (including phenoxy) is 2. The number of nitriles is 1. The first-order valence-corrected chi connectivity index (χ1v) is 12.8. The van der Waals surface area contributed by atoms with E-state index in [1.54, 1.807) is 15.7 Å². The fourth-order valence-electron chi connectivity index (χ4n) is 4.66. The number of aromatic nitrogens is 3. The molecule has 4 rings (SSSR count). The number of carbonyl (C=O) groups excluding carboxylic acids is 2. The van der Waals surface area contributed by atoms with Gasteiger partial charge in [-0.3, -0.25) is 4.79 Å². The summed E-state index contributed by atoms with van der Waals surface area (Å²) < 4.78 is 13.2. The molecular formula is C28H34N6O4. The summed E-state index contributed by atoms with van der Waals surface area (Å²) in [5.41, 5.74) is 7.74. The Labute approximate surface area is 222 Å². The molecule has 1 saturated heterocycles. The number of carbonyl (C=O) groups is 2. The lowest BCUT2D eigenvalue weighted by atomic mass is 9.94. The van der Waals surface area contributed by atoms with Crippen LogP contribution in [0, 0.1) is 24.2 Å². The van der Waals surface area contributed by atoms with Crippen molar-refractivity contribution in [2.45, 2.75) is 59.1 Å².